The molecule has 0 fully saturated rings. The van der Waals surface area contributed by atoms with E-state index in [9.17, 15) is 8.42 Å². The quantitative estimate of drug-likeness (QED) is 0.309. The van der Waals surface area contributed by atoms with Gasteiger partial charge in [0.2, 0.25) is 0 Å². The van der Waals surface area contributed by atoms with Gasteiger partial charge in [-0.3, -0.25) is 4.90 Å². The second kappa shape index (κ2) is 6.94. The first-order valence-corrected chi connectivity index (χ1v) is 7.70. The molecule has 0 aromatic heterocycles. The molecule has 0 aliphatic carbocycles. The molecule has 0 spiro atoms. The largest absolute Gasteiger partial charge is 0.409 e. The average Bonchev–Trinajstić information content (AvgIpc) is 2.24. The minimum Gasteiger partial charge on any atom is -0.409 e. The molecule has 7 heteroatoms. The number of nitrogens with zero attached hydrogens (tertiary/aromatic N) is 2. The van der Waals surface area contributed by atoms with Gasteiger partial charge < -0.3 is 10.9 Å². The lowest BCUT2D eigenvalue weighted by molar-refractivity contribution is 0.298. The fraction of sp³-hybridized carbons (Fsp3) is 0.909. The van der Waals surface area contributed by atoms with Crippen molar-refractivity contribution in [1.29, 1.82) is 0 Å². The molecule has 18 heavy (non-hydrogen) atoms. The van der Waals surface area contributed by atoms with Crippen molar-refractivity contribution in [3.63, 3.8) is 0 Å². The van der Waals surface area contributed by atoms with Crippen LogP contribution in [0.4, 0.5) is 0 Å². The third kappa shape index (κ3) is 5.68. The fourth-order valence-electron chi connectivity index (χ4n) is 1.40. The van der Waals surface area contributed by atoms with Crippen molar-refractivity contribution in [1.82, 2.24) is 4.90 Å². The van der Waals surface area contributed by atoms with Gasteiger partial charge in [-0.25, -0.2) is 8.42 Å². The third-order valence-electron chi connectivity index (χ3n) is 2.66. The van der Waals surface area contributed by atoms with E-state index in [1.807, 2.05) is 11.8 Å². The van der Waals surface area contributed by atoms with Crippen molar-refractivity contribution >= 4 is 15.7 Å². The van der Waals surface area contributed by atoms with Crippen molar-refractivity contribution in [2.45, 2.75) is 38.9 Å². The zero-order valence-electron chi connectivity index (χ0n) is 11.7. The first-order chi connectivity index (χ1) is 8.14. The molecule has 0 unspecified atom stereocenters. The minimum absolute atomic E-state index is 0.0786. The normalized spacial score (nSPS) is 14.2. The van der Waals surface area contributed by atoms with Crippen LogP contribution in [0, 0.1) is 0 Å². The van der Waals surface area contributed by atoms with Gasteiger partial charge in [0.15, 0.2) is 15.7 Å². The van der Waals surface area contributed by atoms with Gasteiger partial charge in [0, 0.05) is 6.54 Å². The van der Waals surface area contributed by atoms with Crippen LogP contribution in [0.15, 0.2) is 5.16 Å². The van der Waals surface area contributed by atoms with Crippen LogP contribution in [0.2, 0.25) is 0 Å². The summed E-state index contributed by atoms with van der Waals surface area (Å²) in [5, 5.41) is 11.4. The Bertz CT molecular complexity index is 371. The lowest BCUT2D eigenvalue weighted by Crippen LogP contribution is -2.40. The van der Waals surface area contributed by atoms with Gasteiger partial charge in [0.25, 0.3) is 0 Å². The summed E-state index contributed by atoms with van der Waals surface area (Å²) in [5.41, 5.74) is 5.44. The summed E-state index contributed by atoms with van der Waals surface area (Å²) >= 11 is 0. The van der Waals surface area contributed by atoms with E-state index in [1.54, 1.807) is 20.8 Å². The number of hydrogen-bond acceptors (Lipinski definition) is 5. The average molecular weight is 279 g/mol. The summed E-state index contributed by atoms with van der Waals surface area (Å²) in [5.74, 6) is 0.173. The standard InChI is InChI=1S/C11H25N3O3S/c1-5-6-14(9-10(12)13-15)7-8-18(16,17)11(2,3)4/h15H,5-9H2,1-4H3,(H2,12,13). The molecule has 0 rings (SSSR count). The molecule has 6 nitrogen and oxygen atoms in total. The highest BCUT2D eigenvalue weighted by atomic mass is 32.2. The number of hydrogen-bond donors (Lipinski definition) is 2. The van der Waals surface area contributed by atoms with Crippen molar-refractivity contribution < 1.29 is 13.6 Å². The summed E-state index contributed by atoms with van der Waals surface area (Å²) in [6.45, 7) is 8.46. The predicted molar refractivity (Wildman–Crippen MR) is 73.7 cm³/mol. The summed E-state index contributed by atoms with van der Waals surface area (Å²) in [6, 6.07) is 0. The van der Waals surface area contributed by atoms with Crippen LogP contribution < -0.4 is 5.73 Å². The maximum Gasteiger partial charge on any atom is 0.156 e. The van der Waals surface area contributed by atoms with Gasteiger partial charge in [0.1, 0.15) is 0 Å². The highest BCUT2D eigenvalue weighted by Gasteiger charge is 2.29. The number of rotatable bonds is 7. The van der Waals surface area contributed by atoms with E-state index in [1.165, 1.54) is 0 Å². The molecule has 0 heterocycles. The van der Waals surface area contributed by atoms with Crippen LogP contribution in [-0.2, 0) is 9.84 Å². The number of nitrogens with two attached hydrogens (primary N) is 1. The van der Waals surface area contributed by atoms with Crippen LogP contribution >= 0.6 is 0 Å². The Kier molecular flexibility index (Phi) is 6.62. The summed E-state index contributed by atoms with van der Waals surface area (Å²) in [7, 11) is -3.14. The van der Waals surface area contributed by atoms with Crippen LogP contribution in [0.25, 0.3) is 0 Å². The van der Waals surface area contributed by atoms with Crippen molar-refractivity contribution in [2.24, 2.45) is 10.9 Å². The van der Waals surface area contributed by atoms with E-state index in [0.29, 0.717) is 6.54 Å². The maximum absolute atomic E-state index is 12.0. The number of sulfone groups is 1. The van der Waals surface area contributed by atoms with Gasteiger partial charge in [-0.05, 0) is 33.7 Å². The molecule has 0 aliphatic rings. The highest BCUT2D eigenvalue weighted by Crippen LogP contribution is 2.15. The van der Waals surface area contributed by atoms with Gasteiger partial charge in [-0.1, -0.05) is 12.1 Å². The number of amidine groups is 1. The third-order valence-corrected chi connectivity index (χ3v) is 5.25. The SMILES string of the molecule is CCCN(CCS(=O)(=O)C(C)(C)C)CC(N)=NO. The molecule has 0 aromatic carbocycles. The lowest BCUT2D eigenvalue weighted by atomic mass is 10.3. The Labute approximate surface area is 110 Å². The first-order valence-electron chi connectivity index (χ1n) is 6.05. The predicted octanol–water partition coefficient (Wildman–Crippen LogP) is 0.658. The Balaban J connectivity index is 4.54. The van der Waals surface area contributed by atoms with E-state index in [0.717, 1.165) is 13.0 Å². The number of oxime groups is 1. The Morgan fingerprint density at radius 3 is 2.28 bits per heavy atom. The van der Waals surface area contributed by atoms with Gasteiger partial charge in [0.05, 0.1) is 17.0 Å². The van der Waals surface area contributed by atoms with Gasteiger partial charge in [-0.2, -0.15) is 0 Å². The molecular weight excluding hydrogens is 254 g/mol. The molecular formula is C11H25N3O3S. The molecule has 0 saturated heterocycles. The zero-order chi connectivity index (χ0) is 14.4. The first kappa shape index (κ1) is 17.2. The summed E-state index contributed by atoms with van der Waals surface area (Å²) in [6.07, 6.45) is 0.883. The maximum atomic E-state index is 12.0. The molecule has 0 radical (unpaired) electrons. The molecule has 0 aromatic rings. The van der Waals surface area contributed by atoms with E-state index < -0.39 is 14.6 Å². The fourth-order valence-corrected chi connectivity index (χ4v) is 2.51. The van der Waals surface area contributed by atoms with Gasteiger partial charge >= 0.3 is 0 Å². The Morgan fingerprint density at radius 1 is 1.33 bits per heavy atom. The Hall–Kier alpha value is -0.820. The molecule has 0 saturated carbocycles. The molecule has 3 N–H and O–H groups in total. The molecule has 0 amide bonds. The van der Waals surface area contributed by atoms with Crippen LogP contribution in [0.5, 0.6) is 0 Å². The second-order valence-corrected chi connectivity index (χ2v) is 8.16. The lowest BCUT2D eigenvalue weighted by Gasteiger charge is -2.24. The van der Waals surface area contributed by atoms with Gasteiger partial charge in [-0.15, -0.1) is 0 Å². The highest BCUT2D eigenvalue weighted by molar-refractivity contribution is 7.92. The van der Waals surface area contributed by atoms with E-state index in [2.05, 4.69) is 5.16 Å². The van der Waals surface area contributed by atoms with Crippen molar-refractivity contribution in [2.75, 3.05) is 25.4 Å². The monoisotopic (exact) mass is 279 g/mol. The molecule has 108 valence electrons. The molecule has 0 atom stereocenters. The summed E-state index contributed by atoms with van der Waals surface area (Å²) < 4.78 is 23.2. The smallest absolute Gasteiger partial charge is 0.156 e. The van der Waals surface area contributed by atoms with E-state index >= 15 is 0 Å². The van der Waals surface area contributed by atoms with Crippen molar-refractivity contribution in [3.8, 4) is 0 Å². The van der Waals surface area contributed by atoms with E-state index in [4.69, 9.17) is 10.9 Å². The Morgan fingerprint density at radius 2 is 1.89 bits per heavy atom. The van der Waals surface area contributed by atoms with Crippen molar-refractivity contribution in [3.05, 3.63) is 0 Å². The second-order valence-electron chi connectivity index (χ2n) is 5.30. The zero-order valence-corrected chi connectivity index (χ0v) is 12.5. The van der Waals surface area contributed by atoms with Crippen LogP contribution in [0.1, 0.15) is 34.1 Å². The van der Waals surface area contributed by atoms with Crippen LogP contribution in [-0.4, -0.2) is 54.5 Å². The van der Waals surface area contributed by atoms with E-state index in [-0.39, 0.29) is 18.1 Å². The topological polar surface area (TPSA) is 96.0 Å². The minimum atomic E-state index is -3.14. The molecule has 0 bridgehead atoms. The molecule has 0 aliphatic heterocycles. The van der Waals surface area contributed by atoms with Crippen LogP contribution in [0.3, 0.4) is 0 Å². The summed E-state index contributed by atoms with van der Waals surface area (Å²) in [4.78, 5) is 1.87.